The first-order valence-electron chi connectivity index (χ1n) is 11.3. The molecule has 0 bridgehead atoms. The Morgan fingerprint density at radius 2 is 2.03 bits per heavy atom. The first kappa shape index (κ1) is 23.4. The molecule has 0 aliphatic carbocycles. The summed E-state index contributed by atoms with van der Waals surface area (Å²) < 4.78 is 31.4. The summed E-state index contributed by atoms with van der Waals surface area (Å²) in [4.78, 5) is 18.0. The van der Waals surface area contributed by atoms with Crippen LogP contribution in [0, 0.1) is 6.92 Å². The average molecular weight is 471 g/mol. The van der Waals surface area contributed by atoms with Crippen LogP contribution in [0.5, 0.6) is 0 Å². The Labute approximate surface area is 194 Å². The second-order valence-corrected chi connectivity index (χ2v) is 11.0. The van der Waals surface area contributed by atoms with Crippen LogP contribution in [-0.2, 0) is 14.6 Å². The highest BCUT2D eigenvalue weighted by Gasteiger charge is 2.32. The predicted molar refractivity (Wildman–Crippen MR) is 128 cm³/mol. The van der Waals surface area contributed by atoms with Crippen molar-refractivity contribution in [3.63, 3.8) is 0 Å². The summed E-state index contributed by atoms with van der Waals surface area (Å²) in [5.74, 6) is -0.0223. The first-order valence-corrected chi connectivity index (χ1v) is 13.1. The highest BCUT2D eigenvalue weighted by Crippen LogP contribution is 2.32. The van der Waals surface area contributed by atoms with Gasteiger partial charge in [-0.3, -0.25) is 4.79 Å². The lowest BCUT2D eigenvalue weighted by Crippen LogP contribution is -2.26. The summed E-state index contributed by atoms with van der Waals surface area (Å²) in [5, 5.41) is 8.28. The van der Waals surface area contributed by atoms with Crippen LogP contribution in [0.4, 0.5) is 0 Å². The number of hydrogen-bond acceptors (Lipinski definition) is 6. The van der Waals surface area contributed by atoms with E-state index in [9.17, 15) is 13.2 Å². The molecule has 33 heavy (non-hydrogen) atoms. The Hall–Kier alpha value is -2.78. The van der Waals surface area contributed by atoms with Crippen LogP contribution in [0.2, 0.25) is 0 Å². The second-order valence-electron chi connectivity index (χ2n) is 8.74. The van der Waals surface area contributed by atoms with Crippen molar-refractivity contribution in [2.45, 2.75) is 45.8 Å². The van der Waals surface area contributed by atoms with E-state index in [1.165, 1.54) is 0 Å². The number of carbonyl (C=O) groups excluding carboxylic acids is 1. The maximum atomic E-state index is 13.2. The maximum absolute atomic E-state index is 13.2. The number of pyridine rings is 1. The molecule has 1 aliphatic heterocycles. The van der Waals surface area contributed by atoms with Gasteiger partial charge in [-0.05, 0) is 39.7 Å². The number of aryl methyl sites for hydroxylation is 1. The van der Waals surface area contributed by atoms with Crippen molar-refractivity contribution in [3.05, 3.63) is 47.7 Å². The summed E-state index contributed by atoms with van der Waals surface area (Å²) in [6.07, 6.45) is 1.36. The number of rotatable bonds is 8. The van der Waals surface area contributed by atoms with Gasteiger partial charge in [0.2, 0.25) is 0 Å². The number of sulfone groups is 1. The molecular weight excluding hydrogens is 440 g/mol. The molecule has 1 saturated heterocycles. The molecule has 8 nitrogen and oxygen atoms in total. The fourth-order valence-electron chi connectivity index (χ4n) is 4.16. The lowest BCUT2D eigenvalue weighted by Gasteiger charge is -2.13. The molecule has 0 radical (unpaired) electrons. The third kappa shape index (κ3) is 5.25. The standard InChI is InChI=1S/C24H30N4O4S/c1-16(2)32-12-7-11-25-24(29)20-14-21(18-8-5-4-6-9-18)26-23-22(20)17(3)27-28(23)19-10-13-33(30,31)15-19/h4-6,8-9,14,16,19H,7,10-13,15H2,1-3H3,(H,25,29). The zero-order valence-corrected chi connectivity index (χ0v) is 20.1. The topological polar surface area (TPSA) is 103 Å². The molecule has 3 heterocycles. The quantitative estimate of drug-likeness (QED) is 0.507. The molecule has 176 valence electrons. The molecule has 1 N–H and O–H groups in total. The zero-order valence-electron chi connectivity index (χ0n) is 19.2. The Bertz CT molecular complexity index is 1250. The van der Waals surface area contributed by atoms with E-state index in [0.29, 0.717) is 54.0 Å². The highest BCUT2D eigenvalue weighted by atomic mass is 32.2. The number of ether oxygens (including phenoxy) is 1. The summed E-state index contributed by atoms with van der Waals surface area (Å²) in [5.41, 5.74) is 3.23. The number of carbonyl (C=O) groups is 1. The molecule has 4 rings (SSSR count). The minimum Gasteiger partial charge on any atom is -0.379 e. The van der Waals surface area contributed by atoms with Gasteiger partial charge < -0.3 is 10.1 Å². The van der Waals surface area contributed by atoms with E-state index in [0.717, 1.165) is 5.56 Å². The normalized spacial score (nSPS) is 17.6. The summed E-state index contributed by atoms with van der Waals surface area (Å²) in [6, 6.07) is 11.1. The van der Waals surface area contributed by atoms with E-state index >= 15 is 0 Å². The number of nitrogens with zero attached hydrogens (tertiary/aromatic N) is 3. The van der Waals surface area contributed by atoms with Crippen molar-refractivity contribution >= 4 is 26.8 Å². The van der Waals surface area contributed by atoms with Crippen LogP contribution in [-0.4, -0.2) is 59.9 Å². The average Bonchev–Trinajstić information content (AvgIpc) is 3.32. The number of hydrogen-bond donors (Lipinski definition) is 1. The molecule has 1 unspecified atom stereocenters. The van der Waals surface area contributed by atoms with Gasteiger partial charge in [-0.2, -0.15) is 5.10 Å². The van der Waals surface area contributed by atoms with Gasteiger partial charge in [-0.25, -0.2) is 18.1 Å². The van der Waals surface area contributed by atoms with Crippen molar-refractivity contribution in [1.29, 1.82) is 0 Å². The summed E-state index contributed by atoms with van der Waals surface area (Å²) in [6.45, 7) is 6.86. The fourth-order valence-corrected chi connectivity index (χ4v) is 5.85. The van der Waals surface area contributed by atoms with Crippen LogP contribution in [0.15, 0.2) is 36.4 Å². The fraction of sp³-hybridized carbons (Fsp3) is 0.458. The largest absolute Gasteiger partial charge is 0.379 e. The first-order chi connectivity index (χ1) is 15.7. The van der Waals surface area contributed by atoms with Crippen LogP contribution in [0.25, 0.3) is 22.3 Å². The third-order valence-corrected chi connectivity index (χ3v) is 7.51. The monoisotopic (exact) mass is 470 g/mol. The molecule has 1 aromatic carbocycles. The molecule has 3 aromatic rings. The Morgan fingerprint density at radius 1 is 1.27 bits per heavy atom. The van der Waals surface area contributed by atoms with Gasteiger partial charge in [-0.15, -0.1) is 0 Å². The van der Waals surface area contributed by atoms with E-state index < -0.39 is 9.84 Å². The molecule has 9 heteroatoms. The molecule has 0 saturated carbocycles. The Balaban J connectivity index is 1.72. The second kappa shape index (κ2) is 9.61. The minimum absolute atomic E-state index is 0.0395. The van der Waals surface area contributed by atoms with E-state index in [1.54, 1.807) is 10.7 Å². The molecule has 0 spiro atoms. The lowest BCUT2D eigenvalue weighted by atomic mass is 10.0. The van der Waals surface area contributed by atoms with Crippen molar-refractivity contribution < 1.29 is 17.9 Å². The van der Waals surface area contributed by atoms with Gasteiger partial charge in [-0.1, -0.05) is 30.3 Å². The molecule has 1 aliphatic rings. The van der Waals surface area contributed by atoms with Gasteiger partial charge >= 0.3 is 0 Å². The zero-order chi connectivity index (χ0) is 23.6. The van der Waals surface area contributed by atoms with Crippen LogP contribution in [0.1, 0.15) is 48.8 Å². The lowest BCUT2D eigenvalue weighted by molar-refractivity contribution is 0.0757. The van der Waals surface area contributed by atoms with E-state index in [1.807, 2.05) is 51.1 Å². The van der Waals surface area contributed by atoms with Crippen LogP contribution >= 0.6 is 0 Å². The van der Waals surface area contributed by atoms with Gasteiger partial charge in [0.25, 0.3) is 5.91 Å². The van der Waals surface area contributed by atoms with Gasteiger partial charge in [0.05, 0.1) is 46.0 Å². The molecule has 1 atom stereocenters. The van der Waals surface area contributed by atoms with Gasteiger partial charge in [0, 0.05) is 18.7 Å². The number of nitrogens with one attached hydrogen (secondary N) is 1. The van der Waals surface area contributed by atoms with Crippen molar-refractivity contribution in [2.75, 3.05) is 24.7 Å². The Kier molecular flexibility index (Phi) is 6.81. The van der Waals surface area contributed by atoms with E-state index in [4.69, 9.17) is 9.72 Å². The number of fused-ring (bicyclic) bond motifs is 1. The van der Waals surface area contributed by atoms with E-state index in [-0.39, 0.29) is 29.6 Å². The SMILES string of the molecule is Cc1nn(C2CCS(=O)(=O)C2)c2nc(-c3ccccc3)cc(C(=O)NCCCOC(C)C)c12. The van der Waals surface area contributed by atoms with Crippen LogP contribution < -0.4 is 5.32 Å². The van der Waals surface area contributed by atoms with Crippen molar-refractivity contribution in [1.82, 2.24) is 20.1 Å². The molecule has 2 aromatic heterocycles. The Morgan fingerprint density at radius 3 is 2.70 bits per heavy atom. The number of aromatic nitrogens is 3. The smallest absolute Gasteiger partial charge is 0.252 e. The highest BCUT2D eigenvalue weighted by molar-refractivity contribution is 7.91. The molecule has 1 amide bonds. The third-order valence-electron chi connectivity index (χ3n) is 5.76. The predicted octanol–water partition coefficient (Wildman–Crippen LogP) is 3.31. The van der Waals surface area contributed by atoms with E-state index in [2.05, 4.69) is 10.4 Å². The van der Waals surface area contributed by atoms with Crippen molar-refractivity contribution in [3.8, 4) is 11.3 Å². The molecule has 1 fully saturated rings. The van der Waals surface area contributed by atoms with Gasteiger partial charge in [0.1, 0.15) is 0 Å². The minimum atomic E-state index is -3.10. The maximum Gasteiger partial charge on any atom is 0.252 e. The summed E-state index contributed by atoms with van der Waals surface area (Å²) >= 11 is 0. The molecular formula is C24H30N4O4S. The van der Waals surface area contributed by atoms with Gasteiger partial charge in [0.15, 0.2) is 15.5 Å². The number of amides is 1. The van der Waals surface area contributed by atoms with Crippen LogP contribution in [0.3, 0.4) is 0 Å². The summed E-state index contributed by atoms with van der Waals surface area (Å²) in [7, 11) is -3.10. The number of benzene rings is 1. The van der Waals surface area contributed by atoms with Crippen molar-refractivity contribution in [2.24, 2.45) is 0 Å².